The van der Waals surface area contributed by atoms with E-state index in [0.717, 1.165) is 0 Å². The maximum atomic E-state index is 12.9. The zero-order valence-electron chi connectivity index (χ0n) is 17.2. The lowest BCUT2D eigenvalue weighted by molar-refractivity contribution is -0.155. The number of carbonyl (C=O) groups excluding carboxylic acids is 3. The number of carbonyl (C=O) groups is 3. The third kappa shape index (κ3) is 9.67. The van der Waals surface area contributed by atoms with E-state index in [0.29, 0.717) is 24.5 Å². The third-order valence-electron chi connectivity index (χ3n) is 3.71. The fourth-order valence-corrected chi connectivity index (χ4v) is 3.02. The van der Waals surface area contributed by atoms with Crippen LogP contribution in [0.15, 0.2) is 30.3 Å². The number of anilines is 1. The fourth-order valence-electron chi connectivity index (χ4n) is 2.49. The second kappa shape index (κ2) is 14.7. The van der Waals surface area contributed by atoms with E-state index in [4.69, 9.17) is 13.7 Å². The fraction of sp³-hybridized carbons (Fsp3) is 0.550. The molecular formula is C20H30N2O6S. The number of esters is 2. The SMILES string of the molecule is CCOSCCCN(C(=O)Nc1ccccc1)C(CC(=O)OCC)C(=O)OCC. The van der Waals surface area contributed by atoms with Gasteiger partial charge in [0.1, 0.15) is 6.04 Å². The minimum absolute atomic E-state index is 0.145. The number of hydrogen-bond donors (Lipinski definition) is 1. The maximum Gasteiger partial charge on any atom is 0.329 e. The van der Waals surface area contributed by atoms with E-state index in [1.165, 1.54) is 16.9 Å². The second-order valence-electron chi connectivity index (χ2n) is 5.85. The van der Waals surface area contributed by atoms with Crippen LogP contribution in [0, 0.1) is 0 Å². The summed E-state index contributed by atoms with van der Waals surface area (Å²) in [5.74, 6) is -0.564. The first-order valence-corrected chi connectivity index (χ1v) is 10.6. The number of benzene rings is 1. The number of ether oxygens (including phenoxy) is 2. The van der Waals surface area contributed by atoms with Crippen LogP contribution in [-0.4, -0.2) is 61.0 Å². The Labute approximate surface area is 176 Å². The van der Waals surface area contributed by atoms with Gasteiger partial charge in [-0.15, -0.1) is 0 Å². The Morgan fingerprint density at radius 1 is 1.03 bits per heavy atom. The molecular weight excluding hydrogens is 396 g/mol. The van der Waals surface area contributed by atoms with E-state index in [1.807, 2.05) is 13.0 Å². The molecule has 1 rings (SSSR count). The Morgan fingerprint density at radius 3 is 2.34 bits per heavy atom. The number of nitrogens with zero attached hydrogens (tertiary/aromatic N) is 1. The molecule has 0 saturated carbocycles. The Bertz CT molecular complexity index is 629. The molecule has 9 heteroatoms. The van der Waals surface area contributed by atoms with E-state index < -0.39 is 24.0 Å². The number of para-hydroxylation sites is 1. The molecule has 0 fully saturated rings. The van der Waals surface area contributed by atoms with Crippen LogP contribution in [0.25, 0.3) is 0 Å². The molecule has 0 aromatic heterocycles. The Morgan fingerprint density at radius 2 is 1.72 bits per heavy atom. The molecule has 0 aliphatic carbocycles. The van der Waals surface area contributed by atoms with Gasteiger partial charge in [-0.25, -0.2) is 9.59 Å². The molecule has 0 heterocycles. The van der Waals surface area contributed by atoms with E-state index in [9.17, 15) is 14.4 Å². The van der Waals surface area contributed by atoms with Crippen LogP contribution < -0.4 is 5.32 Å². The van der Waals surface area contributed by atoms with Gasteiger partial charge in [0.05, 0.1) is 26.2 Å². The van der Waals surface area contributed by atoms with Crippen molar-refractivity contribution in [2.45, 2.75) is 39.7 Å². The topological polar surface area (TPSA) is 94.2 Å². The summed E-state index contributed by atoms with van der Waals surface area (Å²) in [7, 11) is 0. The molecule has 0 aliphatic heterocycles. The first-order chi connectivity index (χ1) is 14.0. The molecule has 162 valence electrons. The summed E-state index contributed by atoms with van der Waals surface area (Å²) in [6.45, 7) is 6.41. The minimum Gasteiger partial charge on any atom is -0.466 e. The summed E-state index contributed by atoms with van der Waals surface area (Å²) < 4.78 is 15.3. The van der Waals surface area contributed by atoms with Crippen molar-refractivity contribution in [2.24, 2.45) is 0 Å². The monoisotopic (exact) mass is 426 g/mol. The first-order valence-electron chi connectivity index (χ1n) is 9.72. The van der Waals surface area contributed by atoms with Crippen molar-refractivity contribution < 1.29 is 28.0 Å². The van der Waals surface area contributed by atoms with Crippen LogP contribution in [-0.2, 0) is 23.2 Å². The standard InChI is InChI=1S/C20H30N2O6S/c1-4-26-18(23)15-17(19(24)27-5-2)22(13-10-14-29-28-6-3)20(25)21-16-11-8-7-9-12-16/h7-9,11-12,17H,4-6,10,13-15H2,1-3H3,(H,21,25). The van der Waals surface area contributed by atoms with Crippen LogP contribution in [0.4, 0.5) is 10.5 Å². The number of hydrogen-bond acceptors (Lipinski definition) is 7. The summed E-state index contributed by atoms with van der Waals surface area (Å²) in [6.07, 6.45) is 0.305. The highest BCUT2D eigenvalue weighted by Crippen LogP contribution is 2.15. The highest BCUT2D eigenvalue weighted by atomic mass is 32.2. The molecule has 8 nitrogen and oxygen atoms in total. The number of rotatable bonds is 13. The zero-order valence-corrected chi connectivity index (χ0v) is 18.0. The van der Waals surface area contributed by atoms with Crippen molar-refractivity contribution in [3.63, 3.8) is 0 Å². The quantitative estimate of drug-likeness (QED) is 0.293. The largest absolute Gasteiger partial charge is 0.466 e. The van der Waals surface area contributed by atoms with Crippen molar-refractivity contribution in [1.82, 2.24) is 4.90 Å². The highest BCUT2D eigenvalue weighted by molar-refractivity contribution is 7.94. The predicted molar refractivity (Wildman–Crippen MR) is 113 cm³/mol. The van der Waals surface area contributed by atoms with Gasteiger partial charge in [-0.05, 0) is 51.4 Å². The van der Waals surface area contributed by atoms with Gasteiger partial charge < -0.3 is 23.9 Å². The predicted octanol–water partition coefficient (Wildman–Crippen LogP) is 3.48. The lowest BCUT2D eigenvalue weighted by Gasteiger charge is -2.30. The van der Waals surface area contributed by atoms with Gasteiger partial charge in [0.25, 0.3) is 0 Å². The molecule has 0 saturated heterocycles. The molecule has 2 amide bonds. The number of amides is 2. The number of urea groups is 1. The summed E-state index contributed by atoms with van der Waals surface area (Å²) in [4.78, 5) is 38.9. The van der Waals surface area contributed by atoms with Gasteiger partial charge in [-0.1, -0.05) is 18.2 Å². The highest BCUT2D eigenvalue weighted by Gasteiger charge is 2.33. The molecule has 1 aromatic carbocycles. The van der Waals surface area contributed by atoms with E-state index in [1.54, 1.807) is 38.1 Å². The van der Waals surface area contributed by atoms with Crippen molar-refractivity contribution in [2.75, 3.05) is 37.4 Å². The lowest BCUT2D eigenvalue weighted by Crippen LogP contribution is -2.49. The third-order valence-corrected chi connectivity index (χ3v) is 4.57. The summed E-state index contributed by atoms with van der Waals surface area (Å²) >= 11 is 1.30. The normalized spacial score (nSPS) is 11.4. The molecule has 0 spiro atoms. The molecule has 0 aliphatic rings. The van der Waals surface area contributed by atoms with Gasteiger partial charge in [0.2, 0.25) is 0 Å². The summed E-state index contributed by atoms with van der Waals surface area (Å²) in [6, 6.07) is 7.34. The molecule has 0 bridgehead atoms. The van der Waals surface area contributed by atoms with E-state index >= 15 is 0 Å². The van der Waals surface area contributed by atoms with E-state index in [2.05, 4.69) is 5.32 Å². The van der Waals surface area contributed by atoms with Crippen molar-refractivity contribution in [3.05, 3.63) is 30.3 Å². The van der Waals surface area contributed by atoms with Gasteiger partial charge in [-0.3, -0.25) is 4.79 Å². The van der Waals surface area contributed by atoms with Crippen LogP contribution >= 0.6 is 12.0 Å². The summed E-state index contributed by atoms with van der Waals surface area (Å²) in [5.41, 5.74) is 0.588. The number of nitrogens with one attached hydrogen (secondary N) is 1. The second-order valence-corrected chi connectivity index (χ2v) is 6.73. The average molecular weight is 427 g/mol. The molecule has 1 aromatic rings. The van der Waals surface area contributed by atoms with Gasteiger partial charge >= 0.3 is 18.0 Å². The maximum absolute atomic E-state index is 12.9. The molecule has 1 unspecified atom stereocenters. The molecule has 1 atom stereocenters. The molecule has 0 radical (unpaired) electrons. The summed E-state index contributed by atoms with van der Waals surface area (Å²) in [5, 5.41) is 2.77. The van der Waals surface area contributed by atoms with Crippen LogP contribution in [0.2, 0.25) is 0 Å². The van der Waals surface area contributed by atoms with Crippen molar-refractivity contribution in [1.29, 1.82) is 0 Å². The molecule has 29 heavy (non-hydrogen) atoms. The molecule has 1 N–H and O–H groups in total. The average Bonchev–Trinajstić information content (AvgIpc) is 2.70. The van der Waals surface area contributed by atoms with Crippen molar-refractivity contribution in [3.8, 4) is 0 Å². The minimum atomic E-state index is -1.07. The van der Waals surface area contributed by atoms with Gasteiger partial charge in [0.15, 0.2) is 0 Å². The van der Waals surface area contributed by atoms with Gasteiger partial charge in [-0.2, -0.15) is 0 Å². The van der Waals surface area contributed by atoms with Crippen LogP contribution in [0.5, 0.6) is 0 Å². The Balaban J connectivity index is 2.97. The lowest BCUT2D eigenvalue weighted by atomic mass is 10.1. The van der Waals surface area contributed by atoms with Gasteiger partial charge in [0, 0.05) is 18.0 Å². The van der Waals surface area contributed by atoms with Crippen molar-refractivity contribution >= 4 is 35.7 Å². The van der Waals surface area contributed by atoms with Crippen LogP contribution in [0.1, 0.15) is 33.6 Å². The Kier molecular flexibility index (Phi) is 12.6. The van der Waals surface area contributed by atoms with E-state index in [-0.39, 0.29) is 26.2 Å². The van der Waals surface area contributed by atoms with Crippen LogP contribution in [0.3, 0.4) is 0 Å². The zero-order chi connectivity index (χ0) is 21.5. The first kappa shape index (κ1) is 24.8. The smallest absolute Gasteiger partial charge is 0.329 e. The Hall–Kier alpha value is -2.26.